The molecule has 8 N–H and O–H groups in total. The molecule has 17 heteroatoms. The number of ketones is 3. The number of nitrogens with two attached hydrogens (primary N) is 2. The van der Waals surface area contributed by atoms with E-state index in [1.165, 1.54) is 0 Å². The van der Waals surface area contributed by atoms with Crippen molar-refractivity contribution in [1.29, 1.82) is 0 Å². The molecule has 0 bridgehead atoms. The largest absolute Gasteiger partial charge is 0.472 e. The van der Waals surface area contributed by atoms with Crippen LogP contribution < -0.4 is 22.1 Å². The number of fused-ring (bicyclic) bond motifs is 7. The first-order chi connectivity index (χ1) is 28.7. The van der Waals surface area contributed by atoms with Gasteiger partial charge in [-0.1, -0.05) is 77.0 Å². The fraction of sp³-hybridized carbons (Fsp3) is 0.659. The molecular weight excluding hydrogens is 807 g/mol. The molecule has 0 radical (unpaired) electrons. The molecule has 5 aliphatic rings. The van der Waals surface area contributed by atoms with Gasteiger partial charge in [0.25, 0.3) is 0 Å². The van der Waals surface area contributed by atoms with Crippen LogP contribution in [0, 0.1) is 34.5 Å². The number of phosphoric ester groups is 1. The second-order valence-electron chi connectivity index (χ2n) is 18.3. The first kappa shape index (κ1) is 46.9. The van der Waals surface area contributed by atoms with Crippen LogP contribution in [-0.2, 0) is 55.3 Å². The van der Waals surface area contributed by atoms with E-state index < -0.39 is 79.2 Å². The van der Waals surface area contributed by atoms with Gasteiger partial charge in [0, 0.05) is 29.7 Å². The van der Waals surface area contributed by atoms with Crippen LogP contribution in [0.4, 0.5) is 4.79 Å². The number of urea groups is 1. The topological polar surface area (TPSA) is 256 Å². The molecule has 0 aromatic heterocycles. The van der Waals surface area contributed by atoms with E-state index in [2.05, 4.69) is 17.6 Å². The number of phosphoric acid groups is 1. The average Bonchev–Trinajstić information content (AvgIpc) is 3.69. The number of hydrogen-bond acceptors (Lipinski definition) is 12. The summed E-state index contributed by atoms with van der Waals surface area (Å²) in [4.78, 5) is 74.8. The molecule has 0 spiro atoms. The predicted molar refractivity (Wildman–Crippen MR) is 223 cm³/mol. The number of primary amides is 1. The summed E-state index contributed by atoms with van der Waals surface area (Å²) < 4.78 is 37.0. The molecule has 336 valence electrons. The SMILES string of the molecule is CCCC1O[C@@H]2C[C@H]3[C@@H]4CCC5=CC(=O)C=C[C@]5(C)[C@H]4[C@@H](O)C[C@]3(C)[C@]2(C(=O)COP(=O)(O)OCc2ccc(CC(=O)[C@H](CCCNC(N)=O)NC(=O)[C@@H](N)C(C)C)cc2)O1. The van der Waals surface area contributed by atoms with Gasteiger partial charge in [0.05, 0.1) is 30.9 Å². The van der Waals surface area contributed by atoms with E-state index in [1.807, 2.05) is 19.9 Å². The lowest BCUT2D eigenvalue weighted by Gasteiger charge is -2.59. The molecule has 6 rings (SSSR count). The Hall–Kier alpha value is -3.60. The number of allylic oxidation sites excluding steroid dienone is 4. The summed E-state index contributed by atoms with van der Waals surface area (Å²) in [6, 6.07) is 4.22. The van der Waals surface area contributed by atoms with Gasteiger partial charge in [-0.05, 0) is 86.0 Å². The van der Waals surface area contributed by atoms with Crippen molar-refractivity contribution in [2.45, 2.75) is 135 Å². The van der Waals surface area contributed by atoms with Crippen molar-refractivity contribution >= 4 is 37.1 Å². The maximum absolute atomic E-state index is 14.5. The first-order valence-corrected chi connectivity index (χ1v) is 23.0. The molecule has 1 heterocycles. The van der Waals surface area contributed by atoms with Gasteiger partial charge in [0.15, 0.2) is 29.2 Å². The third-order valence-electron chi connectivity index (χ3n) is 14.1. The Labute approximate surface area is 357 Å². The summed E-state index contributed by atoms with van der Waals surface area (Å²) >= 11 is 0. The number of amides is 3. The number of aliphatic hydroxyl groups excluding tert-OH is 1. The molecule has 4 aliphatic carbocycles. The highest BCUT2D eigenvalue weighted by Crippen LogP contribution is 2.70. The van der Waals surface area contributed by atoms with Crippen LogP contribution in [0.15, 0.2) is 48.1 Å². The molecule has 2 unspecified atom stereocenters. The second-order valence-corrected chi connectivity index (χ2v) is 19.8. The normalized spacial score (nSPS) is 33.3. The molecule has 1 aromatic rings. The number of carbonyl (C=O) groups is 5. The maximum Gasteiger partial charge on any atom is 0.472 e. The Kier molecular flexibility index (Phi) is 14.3. The van der Waals surface area contributed by atoms with Crippen molar-refractivity contribution < 1.29 is 57.1 Å². The van der Waals surface area contributed by atoms with Crippen LogP contribution in [-0.4, -0.2) is 88.6 Å². The van der Waals surface area contributed by atoms with Gasteiger partial charge >= 0.3 is 13.9 Å². The molecule has 1 saturated heterocycles. The Morgan fingerprint density at radius 3 is 2.48 bits per heavy atom. The lowest BCUT2D eigenvalue weighted by molar-refractivity contribution is -0.200. The van der Waals surface area contributed by atoms with Crippen LogP contribution in [0.25, 0.3) is 0 Å². The van der Waals surface area contributed by atoms with Crippen molar-refractivity contribution in [3.05, 3.63) is 59.2 Å². The summed E-state index contributed by atoms with van der Waals surface area (Å²) in [6.45, 7) is 8.73. The molecule has 4 fully saturated rings. The summed E-state index contributed by atoms with van der Waals surface area (Å²) in [7, 11) is -4.79. The monoisotopic (exact) mass is 870 g/mol. The van der Waals surface area contributed by atoms with E-state index in [1.54, 1.807) is 50.3 Å². The second kappa shape index (κ2) is 18.6. The maximum atomic E-state index is 14.5. The minimum absolute atomic E-state index is 0.00608. The van der Waals surface area contributed by atoms with E-state index >= 15 is 0 Å². The third kappa shape index (κ3) is 9.52. The van der Waals surface area contributed by atoms with Gasteiger partial charge in [0.2, 0.25) is 5.91 Å². The standard InChI is InChI=1S/C44H63N4O12P/c1-6-8-37-59-36-21-31-30-15-14-28-20-29(49)16-17-42(28,4)38(30)34(51)22-43(31,5)44(36,60-37)35(52)24-58-61(55,56)57-23-27-12-10-26(11-13-27)19-33(50)32(9-7-18-47-41(46)54)48-40(53)39(45)25(2)3/h10-13,16-17,20,25,30-32,34,36-39,51H,6-9,14-15,18-19,21-24,45H2,1-5H3,(H,48,53)(H,55,56)(H3,46,47,54)/t30-,31-,32-,34-,36+,37?,38+,39-,42-,43-,44+/m0/s1. The molecular formula is C44H63N4O12P. The van der Waals surface area contributed by atoms with E-state index in [0.29, 0.717) is 36.8 Å². The summed E-state index contributed by atoms with van der Waals surface area (Å²) in [5, 5.41) is 17.2. The molecule has 61 heavy (non-hydrogen) atoms. The number of Topliss-reactive ketones (excluding diaryl/α,β-unsaturated/α-hetero) is 2. The zero-order chi connectivity index (χ0) is 44.5. The fourth-order valence-electron chi connectivity index (χ4n) is 10.9. The smallest absolute Gasteiger partial charge is 0.393 e. The van der Waals surface area contributed by atoms with Gasteiger partial charge in [-0.15, -0.1) is 0 Å². The van der Waals surface area contributed by atoms with E-state index in [0.717, 1.165) is 18.4 Å². The molecule has 1 aromatic carbocycles. The number of nitrogens with one attached hydrogen (secondary N) is 2. The molecule has 1 aliphatic heterocycles. The Morgan fingerprint density at radius 1 is 1.10 bits per heavy atom. The number of carbonyl (C=O) groups excluding carboxylic acids is 5. The van der Waals surface area contributed by atoms with Crippen LogP contribution in [0.3, 0.4) is 0 Å². The van der Waals surface area contributed by atoms with E-state index in [4.69, 9.17) is 30.0 Å². The van der Waals surface area contributed by atoms with E-state index in [-0.39, 0.29) is 67.7 Å². The van der Waals surface area contributed by atoms with Crippen molar-refractivity contribution in [2.24, 2.45) is 46.0 Å². The van der Waals surface area contributed by atoms with Crippen molar-refractivity contribution in [3.8, 4) is 0 Å². The highest BCUT2D eigenvalue weighted by molar-refractivity contribution is 7.47. The van der Waals surface area contributed by atoms with Gasteiger partial charge in [-0.2, -0.15) is 0 Å². The minimum Gasteiger partial charge on any atom is -0.393 e. The van der Waals surface area contributed by atoms with Crippen molar-refractivity contribution in [2.75, 3.05) is 13.2 Å². The lowest BCUT2D eigenvalue weighted by atomic mass is 9.46. The fourth-order valence-corrected chi connectivity index (χ4v) is 11.6. The van der Waals surface area contributed by atoms with Crippen molar-refractivity contribution in [3.63, 3.8) is 0 Å². The number of rotatable bonds is 19. The third-order valence-corrected chi connectivity index (χ3v) is 15.0. The van der Waals surface area contributed by atoms with Crippen LogP contribution in [0.5, 0.6) is 0 Å². The van der Waals surface area contributed by atoms with Crippen molar-refractivity contribution in [1.82, 2.24) is 10.6 Å². The summed E-state index contributed by atoms with van der Waals surface area (Å²) in [5.41, 5.74) is 10.4. The quantitative estimate of drug-likeness (QED) is 0.0848. The number of ether oxygens (including phenoxy) is 2. The molecule has 16 nitrogen and oxygen atoms in total. The minimum atomic E-state index is -4.79. The van der Waals surface area contributed by atoms with Gasteiger partial charge in [-0.25, -0.2) is 9.36 Å². The Balaban J connectivity index is 1.09. The predicted octanol–water partition coefficient (Wildman–Crippen LogP) is 4.09. The Morgan fingerprint density at radius 2 is 1.80 bits per heavy atom. The molecule has 12 atom stereocenters. The lowest BCUT2D eigenvalue weighted by Crippen LogP contribution is -2.63. The highest BCUT2D eigenvalue weighted by Gasteiger charge is 2.75. The number of aliphatic hydroxyl groups is 1. The average molecular weight is 871 g/mol. The molecule has 3 saturated carbocycles. The summed E-state index contributed by atoms with van der Waals surface area (Å²) in [6.07, 6.45) is 7.14. The van der Waals surface area contributed by atoms with Gasteiger partial charge < -0.3 is 41.6 Å². The van der Waals surface area contributed by atoms with Gasteiger partial charge in [0.1, 0.15) is 6.61 Å². The van der Waals surface area contributed by atoms with Gasteiger partial charge in [-0.3, -0.25) is 28.2 Å². The highest BCUT2D eigenvalue weighted by atomic mass is 31.2. The van der Waals surface area contributed by atoms with E-state index in [9.17, 15) is 38.5 Å². The van der Waals surface area contributed by atoms with Crippen LogP contribution in [0.2, 0.25) is 0 Å². The Bertz CT molecular complexity index is 1960. The zero-order valence-electron chi connectivity index (χ0n) is 35.8. The van der Waals surface area contributed by atoms with Crippen LogP contribution in [0.1, 0.15) is 97.1 Å². The number of hydrogen-bond donors (Lipinski definition) is 6. The number of benzene rings is 1. The summed E-state index contributed by atoms with van der Waals surface area (Å²) in [5.74, 6) is -1.72. The first-order valence-electron chi connectivity index (χ1n) is 21.5. The zero-order valence-corrected chi connectivity index (χ0v) is 36.7. The van der Waals surface area contributed by atoms with Crippen LogP contribution >= 0.6 is 7.82 Å². The molecule has 3 amide bonds.